The van der Waals surface area contributed by atoms with Crippen molar-refractivity contribution in [2.45, 2.75) is 45.6 Å². The van der Waals surface area contributed by atoms with E-state index in [1.165, 1.54) is 18.5 Å². The number of hydrazine groups is 1. The van der Waals surface area contributed by atoms with Gasteiger partial charge in [-0.15, -0.1) is 0 Å². The quantitative estimate of drug-likeness (QED) is 0.580. The van der Waals surface area contributed by atoms with Crippen molar-refractivity contribution in [3.63, 3.8) is 0 Å². The fourth-order valence-electron chi connectivity index (χ4n) is 2.51. The predicted molar refractivity (Wildman–Crippen MR) is 69.3 cm³/mol. The summed E-state index contributed by atoms with van der Waals surface area (Å²) in [6.07, 6.45) is 4.69. The van der Waals surface area contributed by atoms with E-state index in [0.717, 1.165) is 24.5 Å². The third-order valence-corrected chi connectivity index (χ3v) is 4.03. The van der Waals surface area contributed by atoms with E-state index in [1.807, 2.05) is 11.7 Å². The van der Waals surface area contributed by atoms with E-state index < -0.39 is 0 Å². The lowest BCUT2D eigenvalue weighted by atomic mass is 9.93. The molecule has 0 bridgehead atoms. The summed E-state index contributed by atoms with van der Waals surface area (Å²) in [5.74, 6) is 7.22. The first-order valence-electron chi connectivity index (χ1n) is 6.63. The highest BCUT2D eigenvalue weighted by Gasteiger charge is 2.33. The average molecular weight is 236 g/mol. The van der Waals surface area contributed by atoms with Gasteiger partial charge in [-0.25, -0.2) is 0 Å². The Morgan fingerprint density at radius 1 is 1.59 bits per heavy atom. The second-order valence-electron chi connectivity index (χ2n) is 5.28. The molecule has 1 fully saturated rings. The SMILES string of the molecule is CCc1cc(CC(NN)C(C)C2CC2)n(C)n1. The van der Waals surface area contributed by atoms with Crippen LogP contribution in [0.15, 0.2) is 6.07 Å². The Morgan fingerprint density at radius 3 is 2.76 bits per heavy atom. The lowest BCUT2D eigenvalue weighted by molar-refractivity contribution is 0.338. The van der Waals surface area contributed by atoms with Gasteiger partial charge in [0, 0.05) is 25.2 Å². The average Bonchev–Trinajstić information content (AvgIpc) is 3.11. The van der Waals surface area contributed by atoms with Gasteiger partial charge in [-0.2, -0.15) is 5.10 Å². The van der Waals surface area contributed by atoms with E-state index in [2.05, 4.69) is 30.4 Å². The van der Waals surface area contributed by atoms with Gasteiger partial charge in [0.05, 0.1) is 5.69 Å². The summed E-state index contributed by atoms with van der Waals surface area (Å²) >= 11 is 0. The molecule has 0 aliphatic heterocycles. The zero-order valence-electron chi connectivity index (χ0n) is 11.1. The second-order valence-corrected chi connectivity index (χ2v) is 5.28. The van der Waals surface area contributed by atoms with Crippen LogP contribution in [0.4, 0.5) is 0 Å². The molecule has 4 heteroatoms. The van der Waals surface area contributed by atoms with E-state index in [0.29, 0.717) is 12.0 Å². The Bertz CT molecular complexity index is 367. The summed E-state index contributed by atoms with van der Waals surface area (Å²) in [7, 11) is 2.02. The molecule has 1 aliphatic carbocycles. The van der Waals surface area contributed by atoms with Crippen LogP contribution in [0.25, 0.3) is 0 Å². The third kappa shape index (κ3) is 2.87. The molecule has 3 N–H and O–H groups in total. The molecule has 1 aromatic heterocycles. The number of hydrogen-bond acceptors (Lipinski definition) is 3. The number of aromatic nitrogens is 2. The van der Waals surface area contributed by atoms with Gasteiger partial charge >= 0.3 is 0 Å². The highest BCUT2D eigenvalue weighted by molar-refractivity contribution is 5.12. The number of rotatable bonds is 6. The molecule has 2 rings (SSSR count). The molecule has 0 aromatic carbocycles. The van der Waals surface area contributed by atoms with Crippen molar-refractivity contribution in [2.75, 3.05) is 0 Å². The normalized spacial score (nSPS) is 19.3. The minimum Gasteiger partial charge on any atom is -0.272 e. The molecule has 0 radical (unpaired) electrons. The zero-order chi connectivity index (χ0) is 12.4. The molecule has 2 atom stereocenters. The number of hydrogen-bond donors (Lipinski definition) is 2. The molecule has 1 aliphatic rings. The number of aryl methyl sites for hydroxylation is 2. The Hall–Kier alpha value is -0.870. The third-order valence-electron chi connectivity index (χ3n) is 4.03. The Morgan fingerprint density at radius 2 is 2.29 bits per heavy atom. The molecule has 2 unspecified atom stereocenters. The van der Waals surface area contributed by atoms with Crippen LogP contribution in [0.2, 0.25) is 0 Å². The van der Waals surface area contributed by atoms with Crippen LogP contribution < -0.4 is 11.3 Å². The fourth-order valence-corrected chi connectivity index (χ4v) is 2.51. The first kappa shape index (κ1) is 12.6. The monoisotopic (exact) mass is 236 g/mol. The van der Waals surface area contributed by atoms with E-state index >= 15 is 0 Å². The second kappa shape index (κ2) is 5.19. The number of nitrogens with zero attached hydrogens (tertiary/aromatic N) is 2. The maximum atomic E-state index is 5.70. The van der Waals surface area contributed by atoms with Crippen LogP contribution in [-0.4, -0.2) is 15.8 Å². The highest BCUT2D eigenvalue weighted by atomic mass is 15.3. The summed E-state index contributed by atoms with van der Waals surface area (Å²) in [4.78, 5) is 0. The Balaban J connectivity index is 2.03. The summed E-state index contributed by atoms with van der Waals surface area (Å²) in [6.45, 7) is 4.44. The van der Waals surface area contributed by atoms with Crippen LogP contribution in [-0.2, 0) is 19.9 Å². The predicted octanol–water partition coefficient (Wildman–Crippen LogP) is 1.40. The molecular weight excluding hydrogens is 212 g/mol. The van der Waals surface area contributed by atoms with Gasteiger partial charge in [-0.3, -0.25) is 16.0 Å². The summed E-state index contributed by atoms with van der Waals surface area (Å²) in [5, 5.41) is 4.48. The first-order chi connectivity index (χ1) is 8.15. The first-order valence-corrected chi connectivity index (χ1v) is 6.63. The van der Waals surface area contributed by atoms with Crippen LogP contribution in [0.5, 0.6) is 0 Å². The summed E-state index contributed by atoms with van der Waals surface area (Å²) < 4.78 is 1.99. The topological polar surface area (TPSA) is 55.9 Å². The molecular formula is C13H24N4. The smallest absolute Gasteiger partial charge is 0.0624 e. The van der Waals surface area contributed by atoms with E-state index in [-0.39, 0.29) is 0 Å². The summed E-state index contributed by atoms with van der Waals surface area (Å²) in [6, 6.07) is 2.56. The van der Waals surface area contributed by atoms with Gasteiger partial charge in [-0.05, 0) is 37.2 Å². The Kier molecular flexibility index (Phi) is 3.84. The van der Waals surface area contributed by atoms with Gasteiger partial charge in [0.15, 0.2) is 0 Å². The molecule has 1 saturated carbocycles. The molecule has 0 spiro atoms. The largest absolute Gasteiger partial charge is 0.272 e. The van der Waals surface area contributed by atoms with Gasteiger partial charge in [0.1, 0.15) is 0 Å². The minimum atomic E-state index is 0.364. The van der Waals surface area contributed by atoms with Crippen molar-refractivity contribution in [2.24, 2.45) is 24.7 Å². The molecule has 1 heterocycles. The number of nitrogens with two attached hydrogens (primary N) is 1. The van der Waals surface area contributed by atoms with Crippen LogP contribution in [0, 0.1) is 11.8 Å². The summed E-state index contributed by atoms with van der Waals surface area (Å²) in [5.41, 5.74) is 5.42. The van der Waals surface area contributed by atoms with Gasteiger partial charge in [-0.1, -0.05) is 13.8 Å². The maximum absolute atomic E-state index is 5.70. The van der Waals surface area contributed by atoms with Crippen LogP contribution >= 0.6 is 0 Å². The zero-order valence-corrected chi connectivity index (χ0v) is 11.1. The molecule has 4 nitrogen and oxygen atoms in total. The van der Waals surface area contributed by atoms with E-state index in [9.17, 15) is 0 Å². The standard InChI is InChI=1S/C13H24N4/c1-4-11-7-12(17(3)16-11)8-13(15-14)9(2)10-5-6-10/h7,9-10,13,15H,4-6,8,14H2,1-3H3. The molecule has 96 valence electrons. The lowest BCUT2D eigenvalue weighted by Gasteiger charge is -2.22. The van der Waals surface area contributed by atoms with Crippen molar-refractivity contribution in [1.82, 2.24) is 15.2 Å². The van der Waals surface area contributed by atoms with Crippen molar-refractivity contribution < 1.29 is 0 Å². The fraction of sp³-hybridized carbons (Fsp3) is 0.769. The van der Waals surface area contributed by atoms with Gasteiger partial charge < -0.3 is 0 Å². The van der Waals surface area contributed by atoms with Gasteiger partial charge in [0.2, 0.25) is 0 Å². The van der Waals surface area contributed by atoms with E-state index in [1.54, 1.807) is 0 Å². The molecule has 0 amide bonds. The van der Waals surface area contributed by atoms with Crippen molar-refractivity contribution >= 4 is 0 Å². The lowest BCUT2D eigenvalue weighted by Crippen LogP contribution is -2.42. The van der Waals surface area contributed by atoms with Crippen molar-refractivity contribution in [3.05, 3.63) is 17.5 Å². The van der Waals surface area contributed by atoms with Crippen molar-refractivity contribution in [3.8, 4) is 0 Å². The molecule has 17 heavy (non-hydrogen) atoms. The van der Waals surface area contributed by atoms with Crippen LogP contribution in [0.1, 0.15) is 38.1 Å². The van der Waals surface area contributed by atoms with Gasteiger partial charge in [0.25, 0.3) is 0 Å². The molecule has 1 aromatic rings. The maximum Gasteiger partial charge on any atom is 0.0624 e. The minimum absolute atomic E-state index is 0.364. The van der Waals surface area contributed by atoms with Crippen molar-refractivity contribution in [1.29, 1.82) is 0 Å². The van der Waals surface area contributed by atoms with E-state index in [4.69, 9.17) is 5.84 Å². The molecule has 0 saturated heterocycles. The highest BCUT2D eigenvalue weighted by Crippen LogP contribution is 2.38. The van der Waals surface area contributed by atoms with Crippen LogP contribution in [0.3, 0.4) is 0 Å². The Labute approximate surface area is 104 Å². The number of nitrogens with one attached hydrogen (secondary N) is 1.